The van der Waals surface area contributed by atoms with E-state index in [-0.39, 0.29) is 10.2 Å². The molecule has 0 aliphatic heterocycles. The minimum Gasteiger partial charge on any atom is -0.398 e. The van der Waals surface area contributed by atoms with Gasteiger partial charge in [-0.05, 0) is 34.5 Å². The number of benzene rings is 1. The first-order valence-electron chi connectivity index (χ1n) is 5.78. The molecule has 0 spiro atoms. The van der Waals surface area contributed by atoms with Gasteiger partial charge in [0, 0.05) is 16.7 Å². The quantitative estimate of drug-likeness (QED) is 0.652. The Labute approximate surface area is 125 Å². The number of rotatable bonds is 6. The van der Waals surface area contributed by atoms with Gasteiger partial charge in [-0.3, -0.25) is 4.79 Å². The van der Waals surface area contributed by atoms with Crippen molar-refractivity contribution in [3.8, 4) is 0 Å². The van der Waals surface area contributed by atoms with E-state index in [2.05, 4.69) is 21.2 Å². The normalized spacial score (nSPS) is 11.3. The number of halogens is 2. The molecule has 0 saturated carbocycles. The monoisotopic (exact) mass is 367 g/mol. The zero-order chi connectivity index (χ0) is 15.3. The third kappa shape index (κ3) is 4.43. The Bertz CT molecular complexity index is 607. The average molecular weight is 368 g/mol. The summed E-state index contributed by atoms with van der Waals surface area (Å²) in [6.07, 6.45) is 0.733. The van der Waals surface area contributed by atoms with Crippen LogP contribution in [0.15, 0.2) is 21.5 Å². The Morgan fingerprint density at radius 2 is 2.10 bits per heavy atom. The average Bonchev–Trinajstić information content (AvgIpc) is 2.38. The van der Waals surface area contributed by atoms with Crippen molar-refractivity contribution in [2.45, 2.75) is 18.2 Å². The number of amides is 1. The van der Waals surface area contributed by atoms with E-state index in [9.17, 15) is 17.6 Å². The molecule has 0 atom stereocenters. The van der Waals surface area contributed by atoms with Crippen molar-refractivity contribution in [3.63, 3.8) is 0 Å². The van der Waals surface area contributed by atoms with E-state index in [4.69, 9.17) is 5.73 Å². The highest BCUT2D eigenvalue weighted by atomic mass is 79.9. The maximum Gasteiger partial charge on any atom is 0.244 e. The van der Waals surface area contributed by atoms with E-state index in [0.29, 0.717) is 6.54 Å². The molecular weight excluding hydrogens is 353 g/mol. The summed E-state index contributed by atoms with van der Waals surface area (Å²) in [6.45, 7) is 1.85. The van der Waals surface area contributed by atoms with E-state index in [1.165, 1.54) is 0 Å². The maximum atomic E-state index is 13.6. The fraction of sp³-hybridized carbons (Fsp3) is 0.364. The minimum absolute atomic E-state index is 0.0854. The zero-order valence-electron chi connectivity index (χ0n) is 10.7. The van der Waals surface area contributed by atoms with Crippen molar-refractivity contribution in [3.05, 3.63) is 22.4 Å². The van der Waals surface area contributed by atoms with Crippen LogP contribution in [0.25, 0.3) is 0 Å². The van der Waals surface area contributed by atoms with Crippen LogP contribution in [-0.2, 0) is 14.8 Å². The Balaban J connectivity index is 2.84. The van der Waals surface area contributed by atoms with Crippen LogP contribution in [0.1, 0.15) is 13.3 Å². The number of carbonyl (C=O) groups is 1. The molecule has 0 unspecified atom stereocenters. The van der Waals surface area contributed by atoms with Crippen molar-refractivity contribution < 1.29 is 17.6 Å². The van der Waals surface area contributed by atoms with Crippen molar-refractivity contribution in [1.29, 1.82) is 0 Å². The highest BCUT2D eigenvalue weighted by molar-refractivity contribution is 9.10. The summed E-state index contributed by atoms with van der Waals surface area (Å²) in [6, 6.07) is 1.95. The van der Waals surface area contributed by atoms with Crippen LogP contribution in [0.2, 0.25) is 0 Å². The molecule has 0 saturated heterocycles. The highest BCUT2D eigenvalue weighted by Crippen LogP contribution is 2.25. The number of nitrogens with one attached hydrogen (secondary N) is 2. The molecule has 9 heteroatoms. The van der Waals surface area contributed by atoms with Gasteiger partial charge in [-0.2, -0.15) is 0 Å². The lowest BCUT2D eigenvalue weighted by Gasteiger charge is -2.09. The molecule has 4 N–H and O–H groups in total. The van der Waals surface area contributed by atoms with Gasteiger partial charge in [-0.25, -0.2) is 17.5 Å². The van der Waals surface area contributed by atoms with Gasteiger partial charge in [0.2, 0.25) is 15.9 Å². The molecule has 0 heterocycles. The molecule has 1 aromatic rings. The maximum absolute atomic E-state index is 13.6. The number of anilines is 1. The Morgan fingerprint density at radius 1 is 1.45 bits per heavy atom. The second-order valence-corrected chi connectivity index (χ2v) is 6.57. The summed E-state index contributed by atoms with van der Waals surface area (Å²) >= 11 is 2.99. The number of hydrogen-bond donors (Lipinski definition) is 3. The van der Waals surface area contributed by atoms with E-state index in [0.717, 1.165) is 18.6 Å². The molecule has 112 valence electrons. The SMILES string of the molecule is CCCNC(=O)CNS(=O)(=O)c1cc(N)c(Br)cc1F. The number of hydrogen-bond acceptors (Lipinski definition) is 4. The van der Waals surface area contributed by atoms with Crippen LogP contribution in [-0.4, -0.2) is 27.4 Å². The first-order valence-corrected chi connectivity index (χ1v) is 8.06. The smallest absolute Gasteiger partial charge is 0.244 e. The molecule has 0 radical (unpaired) electrons. The summed E-state index contributed by atoms with van der Waals surface area (Å²) < 4.78 is 39.7. The van der Waals surface area contributed by atoms with Crippen molar-refractivity contribution in [2.24, 2.45) is 0 Å². The standard InChI is InChI=1S/C11H15BrFN3O3S/c1-2-3-15-11(17)6-16-20(18,19)10-5-9(14)7(12)4-8(10)13/h4-5,16H,2-3,6,14H2,1H3,(H,15,17). The third-order valence-electron chi connectivity index (χ3n) is 2.34. The number of carbonyl (C=O) groups excluding carboxylic acids is 1. The lowest BCUT2D eigenvalue weighted by Crippen LogP contribution is -2.37. The molecule has 0 aromatic heterocycles. The summed E-state index contributed by atoms with van der Waals surface area (Å²) in [4.78, 5) is 10.7. The van der Waals surface area contributed by atoms with Crippen molar-refractivity contribution >= 4 is 37.5 Å². The van der Waals surface area contributed by atoms with Crippen LogP contribution in [0.4, 0.5) is 10.1 Å². The van der Waals surface area contributed by atoms with Gasteiger partial charge in [-0.15, -0.1) is 0 Å². The van der Waals surface area contributed by atoms with Crippen LogP contribution < -0.4 is 15.8 Å². The van der Waals surface area contributed by atoms with E-state index in [1.54, 1.807) is 0 Å². The highest BCUT2D eigenvalue weighted by Gasteiger charge is 2.21. The van der Waals surface area contributed by atoms with Crippen molar-refractivity contribution in [2.75, 3.05) is 18.8 Å². The molecule has 0 fully saturated rings. The lowest BCUT2D eigenvalue weighted by atomic mass is 10.3. The molecule has 20 heavy (non-hydrogen) atoms. The summed E-state index contributed by atoms with van der Waals surface area (Å²) in [5.74, 6) is -1.44. The van der Waals surface area contributed by atoms with Gasteiger partial charge < -0.3 is 11.1 Å². The molecule has 1 amide bonds. The molecule has 6 nitrogen and oxygen atoms in total. The van der Waals surface area contributed by atoms with Gasteiger partial charge in [0.25, 0.3) is 0 Å². The molecular formula is C11H15BrFN3O3S. The lowest BCUT2D eigenvalue weighted by molar-refractivity contribution is -0.119. The Morgan fingerprint density at radius 3 is 2.70 bits per heavy atom. The Kier molecular flexibility index (Phi) is 5.90. The van der Waals surface area contributed by atoms with Crippen LogP contribution in [0.5, 0.6) is 0 Å². The largest absolute Gasteiger partial charge is 0.398 e. The predicted octanol–water partition coefficient (Wildman–Crippen LogP) is 0.975. The molecule has 0 bridgehead atoms. The first kappa shape index (κ1) is 16.9. The van der Waals surface area contributed by atoms with Gasteiger partial charge >= 0.3 is 0 Å². The van der Waals surface area contributed by atoms with Crippen LogP contribution in [0.3, 0.4) is 0 Å². The van der Waals surface area contributed by atoms with Gasteiger partial charge in [0.15, 0.2) is 0 Å². The molecule has 0 aliphatic carbocycles. The number of sulfonamides is 1. The molecule has 0 aliphatic rings. The van der Waals surface area contributed by atoms with E-state index in [1.807, 2.05) is 11.6 Å². The van der Waals surface area contributed by atoms with Gasteiger partial charge in [0.05, 0.1) is 6.54 Å². The first-order chi connectivity index (χ1) is 9.27. The predicted molar refractivity (Wildman–Crippen MR) is 77.0 cm³/mol. The Hall–Kier alpha value is -1.19. The number of nitrogen functional groups attached to an aromatic ring is 1. The molecule has 1 rings (SSSR count). The number of nitrogens with two attached hydrogens (primary N) is 1. The summed E-state index contributed by atoms with van der Waals surface area (Å²) in [7, 11) is -4.14. The summed E-state index contributed by atoms with van der Waals surface area (Å²) in [5, 5.41) is 2.50. The second kappa shape index (κ2) is 7.00. The fourth-order valence-corrected chi connectivity index (χ4v) is 2.71. The zero-order valence-corrected chi connectivity index (χ0v) is 13.1. The minimum atomic E-state index is -4.14. The molecule has 1 aromatic carbocycles. The van der Waals surface area contributed by atoms with Crippen molar-refractivity contribution in [1.82, 2.24) is 10.0 Å². The van der Waals surface area contributed by atoms with Gasteiger partial charge in [-0.1, -0.05) is 6.92 Å². The van der Waals surface area contributed by atoms with E-state index < -0.39 is 33.2 Å². The van der Waals surface area contributed by atoms with Gasteiger partial charge in [0.1, 0.15) is 10.7 Å². The second-order valence-electron chi connectivity index (χ2n) is 3.98. The third-order valence-corrected chi connectivity index (χ3v) is 4.44. The summed E-state index contributed by atoms with van der Waals surface area (Å²) in [5.41, 5.74) is 5.61. The van der Waals surface area contributed by atoms with Crippen LogP contribution >= 0.6 is 15.9 Å². The van der Waals surface area contributed by atoms with E-state index >= 15 is 0 Å². The topological polar surface area (TPSA) is 101 Å². The fourth-order valence-electron chi connectivity index (χ4n) is 1.32. The van der Waals surface area contributed by atoms with Crippen LogP contribution in [0, 0.1) is 5.82 Å².